The topological polar surface area (TPSA) is 58.5 Å². The molecule has 0 bridgehead atoms. The minimum Gasteiger partial charge on any atom is -0.352 e. The molecule has 1 amide bonds. The van der Waals surface area contributed by atoms with Gasteiger partial charge in [-0.05, 0) is 25.1 Å². The Morgan fingerprint density at radius 1 is 1.60 bits per heavy atom. The number of carbonyl (C=O) groups excluding carboxylic acids is 2. The van der Waals surface area contributed by atoms with E-state index >= 15 is 0 Å². The number of nitrogens with one attached hydrogen (secondary N) is 1. The lowest BCUT2D eigenvalue weighted by Gasteiger charge is -2.04. The molecule has 0 saturated carbocycles. The summed E-state index contributed by atoms with van der Waals surface area (Å²) >= 11 is 5.85. The quantitative estimate of drug-likeness (QED) is 0.631. The monoisotopic (exact) mass is 224 g/mol. The predicted molar refractivity (Wildman–Crippen MR) is 57.2 cm³/mol. The molecule has 78 valence electrons. The maximum Gasteiger partial charge on any atom is 0.252 e. The molecular formula is C10H9ClN2O2. The van der Waals surface area contributed by atoms with Gasteiger partial charge in [-0.2, -0.15) is 4.99 Å². The van der Waals surface area contributed by atoms with Crippen molar-refractivity contribution in [2.24, 2.45) is 4.99 Å². The van der Waals surface area contributed by atoms with Gasteiger partial charge >= 0.3 is 0 Å². The van der Waals surface area contributed by atoms with Crippen molar-refractivity contribution >= 4 is 29.3 Å². The van der Waals surface area contributed by atoms with Crippen LogP contribution in [0.3, 0.4) is 0 Å². The average Bonchev–Trinajstić information content (AvgIpc) is 2.18. The molecule has 0 unspecified atom stereocenters. The fourth-order valence-electron chi connectivity index (χ4n) is 1.07. The van der Waals surface area contributed by atoms with Crippen LogP contribution in [0.1, 0.15) is 17.3 Å². The zero-order chi connectivity index (χ0) is 11.3. The summed E-state index contributed by atoms with van der Waals surface area (Å²) in [6, 6.07) is 4.49. The van der Waals surface area contributed by atoms with E-state index in [0.717, 1.165) is 0 Å². The Balaban J connectivity index is 3.02. The third-order valence-corrected chi connectivity index (χ3v) is 2.02. The summed E-state index contributed by atoms with van der Waals surface area (Å²) in [7, 11) is 0. The molecule has 0 aromatic heterocycles. The van der Waals surface area contributed by atoms with Crippen molar-refractivity contribution in [1.29, 1.82) is 0 Å². The Kier molecular flexibility index (Phi) is 4.03. The lowest BCUT2D eigenvalue weighted by Crippen LogP contribution is -2.22. The van der Waals surface area contributed by atoms with E-state index in [1.165, 1.54) is 24.3 Å². The van der Waals surface area contributed by atoms with Crippen LogP contribution in [0, 0.1) is 0 Å². The van der Waals surface area contributed by atoms with Gasteiger partial charge in [-0.15, -0.1) is 0 Å². The van der Waals surface area contributed by atoms with Gasteiger partial charge in [0, 0.05) is 6.54 Å². The second-order valence-electron chi connectivity index (χ2n) is 2.73. The molecule has 15 heavy (non-hydrogen) atoms. The lowest BCUT2D eigenvalue weighted by atomic mass is 10.2. The number of hydrogen-bond acceptors (Lipinski definition) is 3. The molecule has 0 aliphatic rings. The SMILES string of the molecule is CCNC(=O)c1ccc(N=C=O)cc1Cl. The van der Waals surface area contributed by atoms with Crippen molar-refractivity contribution in [3.63, 3.8) is 0 Å². The highest BCUT2D eigenvalue weighted by molar-refractivity contribution is 6.34. The summed E-state index contributed by atoms with van der Waals surface area (Å²) in [6.07, 6.45) is 1.40. The van der Waals surface area contributed by atoms with Crippen LogP contribution in [0.2, 0.25) is 5.02 Å². The third kappa shape index (κ3) is 2.91. The minimum atomic E-state index is -0.246. The molecule has 0 aliphatic heterocycles. The van der Waals surface area contributed by atoms with E-state index in [1.54, 1.807) is 0 Å². The Hall–Kier alpha value is -1.64. The van der Waals surface area contributed by atoms with E-state index in [1.807, 2.05) is 6.92 Å². The standard InChI is InChI=1S/C10H9ClN2O2/c1-2-12-10(15)8-4-3-7(13-6-14)5-9(8)11/h3-5H,2H2,1H3,(H,12,15). The summed E-state index contributed by atoms with van der Waals surface area (Å²) in [5.41, 5.74) is 0.742. The van der Waals surface area contributed by atoms with E-state index in [-0.39, 0.29) is 10.9 Å². The number of benzene rings is 1. The van der Waals surface area contributed by atoms with Gasteiger partial charge in [-0.1, -0.05) is 11.6 Å². The van der Waals surface area contributed by atoms with Gasteiger partial charge in [0.2, 0.25) is 6.08 Å². The molecule has 0 spiro atoms. The lowest BCUT2D eigenvalue weighted by molar-refractivity contribution is 0.0956. The van der Waals surface area contributed by atoms with Crippen LogP contribution in [-0.2, 0) is 4.79 Å². The molecule has 0 radical (unpaired) electrons. The molecule has 1 rings (SSSR count). The molecule has 0 atom stereocenters. The van der Waals surface area contributed by atoms with E-state index in [2.05, 4.69) is 10.3 Å². The smallest absolute Gasteiger partial charge is 0.252 e. The first kappa shape index (κ1) is 11.4. The molecule has 5 heteroatoms. The fourth-order valence-corrected chi connectivity index (χ4v) is 1.33. The molecular weight excluding hydrogens is 216 g/mol. The predicted octanol–water partition coefficient (Wildman–Crippen LogP) is 2.06. The van der Waals surface area contributed by atoms with Gasteiger partial charge in [0.1, 0.15) is 0 Å². The van der Waals surface area contributed by atoms with E-state index in [4.69, 9.17) is 11.6 Å². The number of isocyanates is 1. The number of aliphatic imine (C=N–C) groups is 1. The van der Waals surface area contributed by atoms with E-state index in [9.17, 15) is 9.59 Å². The van der Waals surface area contributed by atoms with Gasteiger partial charge in [0.25, 0.3) is 5.91 Å². The minimum absolute atomic E-state index is 0.246. The number of hydrogen-bond donors (Lipinski definition) is 1. The maximum absolute atomic E-state index is 11.4. The van der Waals surface area contributed by atoms with Crippen molar-refractivity contribution in [2.45, 2.75) is 6.92 Å². The first-order valence-electron chi connectivity index (χ1n) is 4.34. The summed E-state index contributed by atoms with van der Waals surface area (Å²) in [5, 5.41) is 2.88. The number of nitrogens with zero attached hydrogens (tertiary/aromatic N) is 1. The normalized spacial score (nSPS) is 9.20. The van der Waals surface area contributed by atoms with Crippen molar-refractivity contribution < 1.29 is 9.59 Å². The molecule has 1 N–H and O–H groups in total. The first-order chi connectivity index (χ1) is 7.19. The van der Waals surface area contributed by atoms with Gasteiger partial charge < -0.3 is 5.32 Å². The molecule has 0 heterocycles. The largest absolute Gasteiger partial charge is 0.352 e. The molecule has 1 aromatic carbocycles. The van der Waals surface area contributed by atoms with Crippen LogP contribution in [0.25, 0.3) is 0 Å². The van der Waals surface area contributed by atoms with Gasteiger partial charge in [0.15, 0.2) is 0 Å². The zero-order valence-electron chi connectivity index (χ0n) is 8.08. The zero-order valence-corrected chi connectivity index (χ0v) is 8.84. The molecule has 0 aliphatic carbocycles. The van der Waals surface area contributed by atoms with Gasteiger partial charge in [-0.25, -0.2) is 4.79 Å². The van der Waals surface area contributed by atoms with Crippen LogP contribution in [0.15, 0.2) is 23.2 Å². The fraction of sp³-hybridized carbons (Fsp3) is 0.200. The van der Waals surface area contributed by atoms with Gasteiger partial charge in [-0.3, -0.25) is 4.79 Å². The maximum atomic E-state index is 11.4. The second-order valence-corrected chi connectivity index (χ2v) is 3.13. The molecule has 0 fully saturated rings. The van der Waals surface area contributed by atoms with Crippen LogP contribution in [0.5, 0.6) is 0 Å². The highest BCUT2D eigenvalue weighted by Crippen LogP contribution is 2.22. The summed E-state index contributed by atoms with van der Waals surface area (Å²) in [4.78, 5) is 24.8. The third-order valence-electron chi connectivity index (χ3n) is 1.71. The molecule has 0 saturated heterocycles. The van der Waals surface area contributed by atoms with Gasteiger partial charge in [0.05, 0.1) is 16.3 Å². The second kappa shape index (κ2) is 5.29. The number of rotatable bonds is 3. The average molecular weight is 225 g/mol. The highest BCUT2D eigenvalue weighted by atomic mass is 35.5. The molecule has 1 aromatic rings. The van der Waals surface area contributed by atoms with Crippen LogP contribution >= 0.6 is 11.6 Å². The van der Waals surface area contributed by atoms with Crippen LogP contribution < -0.4 is 5.32 Å². The number of amides is 1. The summed E-state index contributed by atoms with van der Waals surface area (Å²) < 4.78 is 0. The Bertz CT molecular complexity index is 425. The Labute approximate surface area is 92.0 Å². The van der Waals surface area contributed by atoms with Crippen molar-refractivity contribution in [3.8, 4) is 0 Å². The Morgan fingerprint density at radius 3 is 2.87 bits per heavy atom. The first-order valence-corrected chi connectivity index (χ1v) is 4.72. The Morgan fingerprint density at radius 2 is 2.33 bits per heavy atom. The summed E-state index contributed by atoms with van der Waals surface area (Å²) in [5.74, 6) is -0.246. The van der Waals surface area contributed by atoms with Crippen molar-refractivity contribution in [2.75, 3.05) is 6.54 Å². The van der Waals surface area contributed by atoms with Crippen LogP contribution in [0.4, 0.5) is 5.69 Å². The number of halogens is 1. The van der Waals surface area contributed by atoms with Crippen molar-refractivity contribution in [3.05, 3.63) is 28.8 Å². The van der Waals surface area contributed by atoms with Crippen molar-refractivity contribution in [1.82, 2.24) is 5.32 Å². The molecule has 4 nitrogen and oxygen atoms in total. The van der Waals surface area contributed by atoms with E-state index in [0.29, 0.717) is 17.8 Å². The summed E-state index contributed by atoms with van der Waals surface area (Å²) in [6.45, 7) is 2.35. The highest BCUT2D eigenvalue weighted by Gasteiger charge is 2.09. The number of carbonyl (C=O) groups is 1. The van der Waals surface area contributed by atoms with Crippen LogP contribution in [-0.4, -0.2) is 18.5 Å². The van der Waals surface area contributed by atoms with E-state index < -0.39 is 0 Å².